The number of cyclic esters (lactones) is 1. The maximum Gasteiger partial charge on any atom is 0.414 e. The Labute approximate surface area is 184 Å². The molecular formula is C20H24FN3O7S. The summed E-state index contributed by atoms with van der Waals surface area (Å²) in [6, 6.07) is 4.26. The van der Waals surface area contributed by atoms with E-state index in [0.29, 0.717) is 13.2 Å². The molecule has 0 aliphatic carbocycles. The van der Waals surface area contributed by atoms with E-state index in [-0.39, 0.29) is 30.8 Å². The summed E-state index contributed by atoms with van der Waals surface area (Å²) >= 11 is 0. The van der Waals surface area contributed by atoms with Gasteiger partial charge in [0.1, 0.15) is 18.4 Å². The first-order chi connectivity index (χ1) is 15.3. The second-order valence-corrected chi connectivity index (χ2v) is 9.28. The molecule has 0 N–H and O–H groups in total. The fourth-order valence-electron chi connectivity index (χ4n) is 3.47. The number of aromatic nitrogens is 2. The maximum absolute atomic E-state index is 14.8. The lowest BCUT2D eigenvalue weighted by molar-refractivity contribution is -0.168. The predicted molar refractivity (Wildman–Crippen MR) is 110 cm³/mol. The summed E-state index contributed by atoms with van der Waals surface area (Å²) in [4.78, 5) is 13.3. The van der Waals surface area contributed by atoms with Crippen molar-refractivity contribution in [2.75, 3.05) is 30.9 Å². The normalized spacial score (nSPS) is 21.7. The second-order valence-electron chi connectivity index (χ2n) is 7.64. The molecule has 0 radical (unpaired) electrons. The quantitative estimate of drug-likeness (QED) is 0.542. The lowest BCUT2D eigenvalue weighted by Gasteiger charge is -2.22. The number of amides is 1. The molecule has 2 aliphatic heterocycles. The predicted octanol–water partition coefficient (Wildman–Crippen LogP) is 2.36. The van der Waals surface area contributed by atoms with Crippen LogP contribution in [0.5, 0.6) is 0 Å². The fraction of sp³-hybridized carbons (Fsp3) is 0.500. The number of hydrogen-bond acceptors (Lipinski definition) is 8. The van der Waals surface area contributed by atoms with Crippen LogP contribution in [-0.4, -0.2) is 62.7 Å². The standard InChI is InChI=1S/C20H24FN3O7S/c1-32(26,27)30-13-16-11-23(20(25)31-16)15-5-6-18(17(21)8-15)24-10-14(9-22-24)12-29-19-4-2-3-7-28-19/h5-6,8-10,16,19H,2-4,7,11-13H2,1H3/t16?,19-/m1/s1. The molecule has 12 heteroatoms. The lowest BCUT2D eigenvalue weighted by atomic mass is 10.2. The minimum absolute atomic E-state index is 0.0413. The van der Waals surface area contributed by atoms with Crippen molar-refractivity contribution in [1.29, 1.82) is 0 Å². The molecule has 2 saturated heterocycles. The van der Waals surface area contributed by atoms with Gasteiger partial charge in [-0.2, -0.15) is 13.5 Å². The van der Waals surface area contributed by atoms with E-state index in [1.807, 2.05) is 0 Å². The number of benzene rings is 1. The Morgan fingerprint density at radius 2 is 2.16 bits per heavy atom. The number of nitrogens with zero attached hydrogens (tertiary/aromatic N) is 3. The van der Waals surface area contributed by atoms with Gasteiger partial charge < -0.3 is 14.2 Å². The van der Waals surface area contributed by atoms with Gasteiger partial charge in [-0.1, -0.05) is 0 Å². The molecule has 2 aliphatic rings. The number of halogens is 1. The van der Waals surface area contributed by atoms with Crippen molar-refractivity contribution in [3.63, 3.8) is 0 Å². The van der Waals surface area contributed by atoms with E-state index < -0.39 is 28.1 Å². The summed E-state index contributed by atoms with van der Waals surface area (Å²) < 4.78 is 59.4. The van der Waals surface area contributed by atoms with Crippen molar-refractivity contribution in [2.24, 2.45) is 0 Å². The molecule has 0 spiro atoms. The summed E-state index contributed by atoms with van der Waals surface area (Å²) in [7, 11) is -3.66. The van der Waals surface area contributed by atoms with Gasteiger partial charge in [-0.25, -0.2) is 13.9 Å². The highest BCUT2D eigenvalue weighted by molar-refractivity contribution is 7.85. The van der Waals surface area contributed by atoms with Crippen LogP contribution in [-0.2, 0) is 35.1 Å². The van der Waals surface area contributed by atoms with E-state index in [2.05, 4.69) is 9.28 Å². The Kier molecular flexibility index (Phi) is 6.74. The Morgan fingerprint density at radius 3 is 2.88 bits per heavy atom. The van der Waals surface area contributed by atoms with Crippen molar-refractivity contribution >= 4 is 21.9 Å². The molecule has 1 aromatic heterocycles. The van der Waals surface area contributed by atoms with Gasteiger partial charge in [-0.15, -0.1) is 0 Å². The minimum Gasteiger partial charge on any atom is -0.441 e. The Balaban J connectivity index is 1.39. The van der Waals surface area contributed by atoms with Gasteiger partial charge in [0.25, 0.3) is 10.1 Å². The highest BCUT2D eigenvalue weighted by Crippen LogP contribution is 2.26. The molecule has 4 rings (SSSR count). The first-order valence-electron chi connectivity index (χ1n) is 10.2. The van der Waals surface area contributed by atoms with E-state index in [9.17, 15) is 17.6 Å². The second kappa shape index (κ2) is 9.53. The molecular weight excluding hydrogens is 445 g/mol. The molecule has 174 valence electrons. The van der Waals surface area contributed by atoms with Crippen LogP contribution in [0.4, 0.5) is 14.9 Å². The molecule has 2 fully saturated rings. The number of rotatable bonds is 8. The zero-order chi connectivity index (χ0) is 22.7. The summed E-state index contributed by atoms with van der Waals surface area (Å²) in [5, 5.41) is 4.19. The molecule has 0 bridgehead atoms. The van der Waals surface area contributed by atoms with Crippen LogP contribution in [0.3, 0.4) is 0 Å². The zero-order valence-electron chi connectivity index (χ0n) is 17.5. The zero-order valence-corrected chi connectivity index (χ0v) is 18.3. The fourth-order valence-corrected chi connectivity index (χ4v) is 3.87. The van der Waals surface area contributed by atoms with Gasteiger partial charge >= 0.3 is 6.09 Å². The van der Waals surface area contributed by atoms with E-state index in [0.717, 1.165) is 31.1 Å². The molecule has 1 aromatic carbocycles. The molecule has 32 heavy (non-hydrogen) atoms. The highest BCUT2D eigenvalue weighted by Gasteiger charge is 2.33. The highest BCUT2D eigenvalue weighted by atomic mass is 32.2. The largest absolute Gasteiger partial charge is 0.441 e. The summed E-state index contributed by atoms with van der Waals surface area (Å²) in [5.74, 6) is -0.586. The molecule has 0 saturated carbocycles. The topological polar surface area (TPSA) is 109 Å². The summed E-state index contributed by atoms with van der Waals surface area (Å²) in [6.45, 7) is 0.740. The lowest BCUT2D eigenvalue weighted by Crippen LogP contribution is -2.26. The monoisotopic (exact) mass is 469 g/mol. The van der Waals surface area contributed by atoms with Gasteiger partial charge in [0.15, 0.2) is 12.1 Å². The van der Waals surface area contributed by atoms with Gasteiger partial charge in [0, 0.05) is 18.4 Å². The molecule has 1 unspecified atom stereocenters. The maximum atomic E-state index is 14.8. The average molecular weight is 469 g/mol. The SMILES string of the molecule is CS(=O)(=O)OCC1CN(c2ccc(-n3cc(CO[C@@H]4CCCCO4)cn3)c(F)c2)C(=O)O1. The first kappa shape index (κ1) is 22.6. The van der Waals surface area contributed by atoms with Crippen molar-refractivity contribution < 1.29 is 36.0 Å². The summed E-state index contributed by atoms with van der Waals surface area (Å²) in [6.07, 6.45) is 5.43. The first-order valence-corrected chi connectivity index (χ1v) is 12.0. The van der Waals surface area contributed by atoms with Crippen molar-refractivity contribution in [2.45, 2.75) is 38.3 Å². The number of anilines is 1. The number of ether oxygens (including phenoxy) is 3. The van der Waals surface area contributed by atoms with Crippen LogP contribution in [0.15, 0.2) is 30.6 Å². The van der Waals surface area contributed by atoms with Gasteiger partial charge in [0.05, 0.1) is 31.3 Å². The van der Waals surface area contributed by atoms with Crippen LogP contribution in [0.1, 0.15) is 24.8 Å². The Hall–Kier alpha value is -2.54. The minimum atomic E-state index is -3.66. The van der Waals surface area contributed by atoms with Crippen LogP contribution in [0.25, 0.3) is 5.69 Å². The molecule has 10 nitrogen and oxygen atoms in total. The number of carbonyl (C=O) groups excluding carboxylic acids is 1. The molecule has 2 aromatic rings. The van der Waals surface area contributed by atoms with Crippen molar-refractivity contribution in [3.05, 3.63) is 42.0 Å². The van der Waals surface area contributed by atoms with Crippen molar-refractivity contribution in [3.8, 4) is 5.69 Å². The third kappa shape index (κ3) is 5.63. The van der Waals surface area contributed by atoms with Crippen LogP contribution in [0, 0.1) is 5.82 Å². The van der Waals surface area contributed by atoms with Gasteiger partial charge in [-0.3, -0.25) is 9.08 Å². The number of carbonyl (C=O) groups is 1. The summed E-state index contributed by atoms with van der Waals surface area (Å²) in [5.41, 5.74) is 1.26. The third-order valence-corrected chi connectivity index (χ3v) is 5.61. The van der Waals surface area contributed by atoms with Gasteiger partial charge in [0.2, 0.25) is 0 Å². The molecule has 2 atom stereocenters. The Morgan fingerprint density at radius 1 is 1.31 bits per heavy atom. The molecule has 3 heterocycles. The van der Waals surface area contributed by atoms with Gasteiger partial charge in [-0.05, 0) is 37.5 Å². The van der Waals surface area contributed by atoms with E-state index >= 15 is 0 Å². The Bertz CT molecular complexity index is 1070. The average Bonchev–Trinajstić information content (AvgIpc) is 3.37. The van der Waals surface area contributed by atoms with Crippen LogP contribution >= 0.6 is 0 Å². The smallest absolute Gasteiger partial charge is 0.414 e. The van der Waals surface area contributed by atoms with Crippen LogP contribution in [0.2, 0.25) is 0 Å². The van der Waals surface area contributed by atoms with Crippen LogP contribution < -0.4 is 4.90 Å². The van der Waals surface area contributed by atoms with E-state index in [4.69, 9.17) is 14.2 Å². The number of hydrogen-bond donors (Lipinski definition) is 0. The van der Waals surface area contributed by atoms with Crippen molar-refractivity contribution in [1.82, 2.24) is 9.78 Å². The van der Waals surface area contributed by atoms with E-state index in [1.54, 1.807) is 18.5 Å². The van der Waals surface area contributed by atoms with E-state index in [1.165, 1.54) is 21.7 Å². The third-order valence-electron chi connectivity index (χ3n) is 5.04. The molecule has 1 amide bonds.